The molecule has 0 aliphatic carbocycles. The first kappa shape index (κ1) is 16.1. The molecule has 0 spiro atoms. The molecule has 0 bridgehead atoms. The lowest BCUT2D eigenvalue weighted by Gasteiger charge is -2.20. The van der Waals surface area contributed by atoms with Crippen molar-refractivity contribution in [3.63, 3.8) is 0 Å². The topological polar surface area (TPSA) is 107 Å². The second-order valence-corrected chi connectivity index (χ2v) is 5.73. The molecule has 0 aromatic heterocycles. The van der Waals surface area contributed by atoms with E-state index >= 15 is 0 Å². The Morgan fingerprint density at radius 3 is 2.44 bits per heavy atom. The SMILES string of the molecule is C=CC(=O)NC(CS(C)(=O)=O)C(=O)N(C#N)CC. The summed E-state index contributed by atoms with van der Waals surface area (Å²) in [5.74, 6) is -2.00. The van der Waals surface area contributed by atoms with Crippen LogP contribution in [0.4, 0.5) is 0 Å². The molecule has 0 aromatic carbocycles. The monoisotopic (exact) mass is 273 g/mol. The summed E-state index contributed by atoms with van der Waals surface area (Å²) in [6.45, 7) is 4.86. The zero-order valence-electron chi connectivity index (χ0n) is 10.2. The number of nitrogens with zero attached hydrogens (tertiary/aromatic N) is 2. The summed E-state index contributed by atoms with van der Waals surface area (Å²) >= 11 is 0. The van der Waals surface area contributed by atoms with Crippen molar-refractivity contribution in [3.05, 3.63) is 12.7 Å². The van der Waals surface area contributed by atoms with E-state index in [4.69, 9.17) is 5.26 Å². The highest BCUT2D eigenvalue weighted by atomic mass is 32.2. The highest BCUT2D eigenvalue weighted by molar-refractivity contribution is 7.90. The number of nitrogens with one attached hydrogen (secondary N) is 1. The van der Waals surface area contributed by atoms with Crippen molar-refractivity contribution in [2.75, 3.05) is 18.6 Å². The highest BCUT2D eigenvalue weighted by Gasteiger charge is 2.28. The summed E-state index contributed by atoms with van der Waals surface area (Å²) in [5, 5.41) is 10.9. The molecular weight excluding hydrogens is 258 g/mol. The lowest BCUT2D eigenvalue weighted by Crippen LogP contribution is -2.50. The van der Waals surface area contributed by atoms with Crippen LogP contribution in [0, 0.1) is 11.5 Å². The van der Waals surface area contributed by atoms with E-state index in [1.54, 1.807) is 13.1 Å². The molecule has 0 radical (unpaired) electrons. The molecule has 0 saturated heterocycles. The van der Waals surface area contributed by atoms with E-state index in [0.717, 1.165) is 17.2 Å². The van der Waals surface area contributed by atoms with Gasteiger partial charge in [0.1, 0.15) is 15.9 Å². The number of carbonyl (C=O) groups excluding carboxylic acids is 2. The fraction of sp³-hybridized carbons (Fsp3) is 0.500. The Hall–Kier alpha value is -1.88. The normalized spacial score (nSPS) is 12.1. The zero-order valence-corrected chi connectivity index (χ0v) is 11.0. The van der Waals surface area contributed by atoms with E-state index in [9.17, 15) is 18.0 Å². The van der Waals surface area contributed by atoms with E-state index in [0.29, 0.717) is 0 Å². The van der Waals surface area contributed by atoms with Crippen LogP contribution in [0.25, 0.3) is 0 Å². The third-order valence-electron chi connectivity index (χ3n) is 1.97. The lowest BCUT2D eigenvalue weighted by molar-refractivity contribution is -0.132. The minimum atomic E-state index is -3.48. The number of sulfone groups is 1. The maximum atomic E-state index is 11.8. The smallest absolute Gasteiger partial charge is 0.259 e. The van der Waals surface area contributed by atoms with Crippen LogP contribution >= 0.6 is 0 Å². The van der Waals surface area contributed by atoms with Crippen LogP contribution < -0.4 is 5.32 Å². The standard InChI is InChI=1S/C10H15N3O4S/c1-4-9(14)12-8(6-18(3,16)17)10(15)13(5-2)7-11/h4,8H,1,5-6H2,2-3H3,(H,12,14). The van der Waals surface area contributed by atoms with Gasteiger partial charge in [-0.1, -0.05) is 6.58 Å². The van der Waals surface area contributed by atoms with E-state index < -0.39 is 33.4 Å². The number of rotatable bonds is 6. The van der Waals surface area contributed by atoms with Crippen molar-refractivity contribution in [2.45, 2.75) is 13.0 Å². The Bertz CT molecular complexity index is 478. The van der Waals surface area contributed by atoms with Gasteiger partial charge in [-0.15, -0.1) is 0 Å². The van der Waals surface area contributed by atoms with Crippen molar-refractivity contribution < 1.29 is 18.0 Å². The number of hydrogen-bond acceptors (Lipinski definition) is 5. The molecule has 0 saturated carbocycles. The molecular formula is C10H15N3O4S. The van der Waals surface area contributed by atoms with E-state index in [2.05, 4.69) is 11.9 Å². The quantitative estimate of drug-likeness (QED) is 0.380. The fourth-order valence-electron chi connectivity index (χ4n) is 1.17. The second kappa shape index (κ2) is 6.76. The number of hydrogen-bond donors (Lipinski definition) is 1. The number of nitriles is 1. The Morgan fingerprint density at radius 2 is 2.11 bits per heavy atom. The Kier molecular flexibility index (Phi) is 6.05. The first-order valence-electron chi connectivity index (χ1n) is 5.07. The van der Waals surface area contributed by atoms with Gasteiger partial charge in [-0.2, -0.15) is 5.26 Å². The molecule has 7 nitrogen and oxygen atoms in total. The summed E-state index contributed by atoms with van der Waals surface area (Å²) < 4.78 is 22.4. The fourth-order valence-corrected chi connectivity index (χ4v) is 2.00. The summed E-state index contributed by atoms with van der Waals surface area (Å²) in [4.78, 5) is 23.7. The Labute approximate surface area is 106 Å². The molecule has 8 heteroatoms. The molecule has 18 heavy (non-hydrogen) atoms. The van der Waals surface area contributed by atoms with Gasteiger partial charge in [0.05, 0.1) is 5.75 Å². The summed E-state index contributed by atoms with van der Waals surface area (Å²) in [7, 11) is -3.48. The molecule has 2 amide bonds. The molecule has 100 valence electrons. The molecule has 0 aliphatic rings. The van der Waals surface area contributed by atoms with Gasteiger partial charge in [-0.05, 0) is 13.0 Å². The summed E-state index contributed by atoms with van der Waals surface area (Å²) in [5.41, 5.74) is 0. The summed E-state index contributed by atoms with van der Waals surface area (Å²) in [6.07, 6.45) is 3.48. The van der Waals surface area contributed by atoms with Crippen molar-refractivity contribution in [3.8, 4) is 6.19 Å². The molecule has 1 unspecified atom stereocenters. The van der Waals surface area contributed by atoms with E-state index in [1.807, 2.05) is 0 Å². The first-order valence-corrected chi connectivity index (χ1v) is 7.13. The average Bonchev–Trinajstić information content (AvgIpc) is 2.27. The number of amides is 2. The maximum Gasteiger partial charge on any atom is 0.259 e. The van der Waals surface area contributed by atoms with Crippen molar-refractivity contribution >= 4 is 21.7 Å². The van der Waals surface area contributed by atoms with Gasteiger partial charge in [0, 0.05) is 12.8 Å². The predicted octanol–water partition coefficient (Wildman–Crippen LogP) is -0.969. The van der Waals surface area contributed by atoms with Crippen LogP contribution in [0.2, 0.25) is 0 Å². The van der Waals surface area contributed by atoms with Crippen LogP contribution in [0.15, 0.2) is 12.7 Å². The maximum absolute atomic E-state index is 11.8. The van der Waals surface area contributed by atoms with Crippen LogP contribution in [-0.2, 0) is 19.4 Å². The molecule has 0 aliphatic heterocycles. The van der Waals surface area contributed by atoms with Crippen LogP contribution in [-0.4, -0.2) is 49.7 Å². The molecule has 0 fully saturated rings. The van der Waals surface area contributed by atoms with E-state index in [-0.39, 0.29) is 6.54 Å². The molecule has 0 aromatic rings. The van der Waals surface area contributed by atoms with Gasteiger partial charge in [-0.25, -0.2) is 13.3 Å². The third kappa shape index (κ3) is 5.45. The van der Waals surface area contributed by atoms with Crippen molar-refractivity contribution in [1.82, 2.24) is 10.2 Å². The number of carbonyl (C=O) groups is 2. The highest BCUT2D eigenvalue weighted by Crippen LogP contribution is 1.99. The van der Waals surface area contributed by atoms with Gasteiger partial charge in [0.25, 0.3) is 5.91 Å². The van der Waals surface area contributed by atoms with Gasteiger partial charge in [-0.3, -0.25) is 9.59 Å². The van der Waals surface area contributed by atoms with Crippen LogP contribution in [0.5, 0.6) is 0 Å². The van der Waals surface area contributed by atoms with Gasteiger partial charge < -0.3 is 5.32 Å². The van der Waals surface area contributed by atoms with Gasteiger partial charge in [0.15, 0.2) is 6.19 Å². The van der Waals surface area contributed by atoms with E-state index in [1.165, 1.54) is 0 Å². The minimum Gasteiger partial charge on any atom is -0.340 e. The molecule has 1 N–H and O–H groups in total. The first-order chi connectivity index (χ1) is 8.25. The lowest BCUT2D eigenvalue weighted by atomic mass is 10.3. The second-order valence-electron chi connectivity index (χ2n) is 3.54. The molecule has 1 atom stereocenters. The summed E-state index contributed by atoms with van der Waals surface area (Å²) in [6, 6.07) is -1.29. The largest absolute Gasteiger partial charge is 0.340 e. The average molecular weight is 273 g/mol. The molecule has 0 heterocycles. The van der Waals surface area contributed by atoms with Gasteiger partial charge >= 0.3 is 0 Å². The molecule has 0 rings (SSSR count). The number of likely N-dealkylation sites (N-methyl/N-ethyl adjacent to an activating group) is 1. The van der Waals surface area contributed by atoms with Crippen molar-refractivity contribution in [1.29, 1.82) is 5.26 Å². The minimum absolute atomic E-state index is 0.0968. The Balaban J connectivity index is 5.09. The van der Waals surface area contributed by atoms with Gasteiger partial charge in [0.2, 0.25) is 5.91 Å². The van der Waals surface area contributed by atoms with Crippen molar-refractivity contribution in [2.24, 2.45) is 0 Å². The van der Waals surface area contributed by atoms with Crippen LogP contribution in [0.3, 0.4) is 0 Å². The zero-order chi connectivity index (χ0) is 14.3. The van der Waals surface area contributed by atoms with Crippen LogP contribution in [0.1, 0.15) is 6.92 Å². The third-order valence-corrected chi connectivity index (χ3v) is 2.91. The Morgan fingerprint density at radius 1 is 1.56 bits per heavy atom. The predicted molar refractivity (Wildman–Crippen MR) is 64.8 cm³/mol.